The van der Waals surface area contributed by atoms with Crippen LogP contribution in [-0.4, -0.2) is 22.9 Å². The minimum atomic E-state index is -0.421. The molecule has 0 fully saturated rings. The zero-order valence-electron chi connectivity index (χ0n) is 11.7. The van der Waals surface area contributed by atoms with Gasteiger partial charge in [-0.2, -0.15) is 0 Å². The summed E-state index contributed by atoms with van der Waals surface area (Å²) in [6.07, 6.45) is 2.10. The number of hydrogen-bond donors (Lipinski definition) is 2. The smallest absolute Gasteiger partial charge is 0.293 e. The summed E-state index contributed by atoms with van der Waals surface area (Å²) in [5.74, 6) is 5.43. The molecule has 3 N–H and O–H groups in total. The second-order valence-corrected chi connectivity index (χ2v) is 4.60. The van der Waals surface area contributed by atoms with Crippen LogP contribution in [0.15, 0.2) is 18.2 Å². The Kier molecular flexibility index (Phi) is 5.72. The van der Waals surface area contributed by atoms with Gasteiger partial charge in [0, 0.05) is 18.7 Å². The number of nitro benzene ring substituents is 1. The minimum Gasteiger partial charge on any atom is -0.318 e. The molecule has 0 atom stereocenters. The lowest BCUT2D eigenvalue weighted by molar-refractivity contribution is -0.384. The number of para-hydroxylation sites is 1. The van der Waals surface area contributed by atoms with Gasteiger partial charge in [-0.1, -0.05) is 26.0 Å². The zero-order chi connectivity index (χ0) is 14.4. The third-order valence-corrected chi connectivity index (χ3v) is 3.46. The van der Waals surface area contributed by atoms with Crippen molar-refractivity contribution in [3.63, 3.8) is 0 Å². The van der Waals surface area contributed by atoms with Crippen molar-refractivity contribution in [3.8, 4) is 0 Å². The van der Waals surface area contributed by atoms with Gasteiger partial charge >= 0.3 is 0 Å². The first kappa shape index (κ1) is 15.4. The third-order valence-electron chi connectivity index (χ3n) is 3.46. The van der Waals surface area contributed by atoms with Crippen LogP contribution >= 0.6 is 0 Å². The van der Waals surface area contributed by atoms with Crippen molar-refractivity contribution in [1.82, 2.24) is 4.90 Å². The predicted molar refractivity (Wildman–Crippen MR) is 76.7 cm³/mol. The number of hydrogen-bond acceptors (Lipinski definition) is 5. The number of benzene rings is 1. The lowest BCUT2D eigenvalue weighted by atomic mass is 10.1. The van der Waals surface area contributed by atoms with E-state index in [1.54, 1.807) is 6.07 Å². The molecule has 0 aliphatic heterocycles. The van der Waals surface area contributed by atoms with Crippen molar-refractivity contribution in [3.05, 3.63) is 33.9 Å². The summed E-state index contributed by atoms with van der Waals surface area (Å²) in [4.78, 5) is 12.7. The molecule has 6 heteroatoms. The maximum Gasteiger partial charge on any atom is 0.293 e. The van der Waals surface area contributed by atoms with Crippen LogP contribution in [0.3, 0.4) is 0 Å². The molecule has 0 radical (unpaired) electrons. The first-order valence-corrected chi connectivity index (χ1v) is 6.48. The van der Waals surface area contributed by atoms with E-state index in [4.69, 9.17) is 5.84 Å². The van der Waals surface area contributed by atoms with Gasteiger partial charge in [-0.25, -0.2) is 0 Å². The van der Waals surface area contributed by atoms with Gasteiger partial charge in [0.15, 0.2) is 0 Å². The molecular formula is C13H22N4O2. The molecule has 0 amide bonds. The van der Waals surface area contributed by atoms with E-state index in [0.717, 1.165) is 18.4 Å². The van der Waals surface area contributed by atoms with Gasteiger partial charge in [-0.05, 0) is 25.5 Å². The van der Waals surface area contributed by atoms with Crippen LogP contribution in [0.4, 0.5) is 11.4 Å². The molecule has 19 heavy (non-hydrogen) atoms. The minimum absolute atomic E-state index is 0.0120. The first-order valence-electron chi connectivity index (χ1n) is 6.48. The van der Waals surface area contributed by atoms with E-state index in [1.165, 1.54) is 6.07 Å². The molecule has 106 valence electrons. The fourth-order valence-corrected chi connectivity index (χ4v) is 2.35. The Morgan fingerprint density at radius 1 is 1.42 bits per heavy atom. The van der Waals surface area contributed by atoms with Crippen LogP contribution in [0, 0.1) is 10.1 Å². The quantitative estimate of drug-likeness (QED) is 0.450. The van der Waals surface area contributed by atoms with E-state index in [1.807, 2.05) is 13.1 Å². The van der Waals surface area contributed by atoms with Crippen LogP contribution in [0.1, 0.15) is 32.3 Å². The lowest BCUT2D eigenvalue weighted by Crippen LogP contribution is -2.30. The molecule has 0 saturated heterocycles. The fraction of sp³-hybridized carbons (Fsp3) is 0.538. The molecule has 1 rings (SSSR count). The Bertz CT molecular complexity index is 433. The Hall–Kier alpha value is -1.66. The number of rotatable bonds is 7. The topological polar surface area (TPSA) is 84.4 Å². The summed E-state index contributed by atoms with van der Waals surface area (Å²) in [5, 5.41) is 11.0. The highest BCUT2D eigenvalue weighted by molar-refractivity contribution is 5.65. The SMILES string of the molecule is CCC(CC)N(C)Cc1cccc([N+](=O)[O-])c1NN. The average Bonchev–Trinajstić information content (AvgIpc) is 2.39. The summed E-state index contributed by atoms with van der Waals surface area (Å²) in [6, 6.07) is 5.47. The number of nitrogens with one attached hydrogen (secondary N) is 1. The molecule has 0 unspecified atom stereocenters. The Morgan fingerprint density at radius 2 is 2.05 bits per heavy atom. The molecule has 1 aromatic carbocycles. The second-order valence-electron chi connectivity index (χ2n) is 4.60. The van der Waals surface area contributed by atoms with Crippen molar-refractivity contribution in [2.24, 2.45) is 5.84 Å². The van der Waals surface area contributed by atoms with Crippen molar-refractivity contribution in [2.45, 2.75) is 39.3 Å². The average molecular weight is 266 g/mol. The van der Waals surface area contributed by atoms with Gasteiger partial charge in [0.1, 0.15) is 5.69 Å². The molecule has 0 aromatic heterocycles. The molecule has 0 spiro atoms. The number of nitrogens with two attached hydrogens (primary N) is 1. The maximum atomic E-state index is 11.0. The van der Waals surface area contributed by atoms with E-state index in [2.05, 4.69) is 24.2 Å². The van der Waals surface area contributed by atoms with Crippen LogP contribution in [-0.2, 0) is 6.54 Å². The molecule has 6 nitrogen and oxygen atoms in total. The van der Waals surface area contributed by atoms with Crippen LogP contribution in [0.25, 0.3) is 0 Å². The Balaban J connectivity index is 3.01. The highest BCUT2D eigenvalue weighted by Crippen LogP contribution is 2.28. The largest absolute Gasteiger partial charge is 0.318 e. The van der Waals surface area contributed by atoms with Crippen molar-refractivity contribution in [1.29, 1.82) is 0 Å². The fourth-order valence-electron chi connectivity index (χ4n) is 2.35. The number of nitro groups is 1. The van der Waals surface area contributed by atoms with Crippen LogP contribution in [0.2, 0.25) is 0 Å². The van der Waals surface area contributed by atoms with Gasteiger partial charge < -0.3 is 5.43 Å². The second kappa shape index (κ2) is 7.06. The van der Waals surface area contributed by atoms with Crippen LogP contribution in [0.5, 0.6) is 0 Å². The molecule has 0 aliphatic rings. The predicted octanol–water partition coefficient (Wildman–Crippen LogP) is 2.50. The number of anilines is 1. The van der Waals surface area contributed by atoms with E-state index in [9.17, 15) is 10.1 Å². The van der Waals surface area contributed by atoms with Crippen molar-refractivity contribution < 1.29 is 4.92 Å². The van der Waals surface area contributed by atoms with E-state index >= 15 is 0 Å². The summed E-state index contributed by atoms with van der Waals surface area (Å²) in [7, 11) is 2.02. The Labute approximate surface area is 113 Å². The Morgan fingerprint density at radius 3 is 2.53 bits per heavy atom. The summed E-state index contributed by atoms with van der Waals surface area (Å²) in [5.41, 5.74) is 3.70. The van der Waals surface area contributed by atoms with Crippen LogP contribution < -0.4 is 11.3 Å². The molecule has 0 saturated carbocycles. The highest BCUT2D eigenvalue weighted by Gasteiger charge is 2.19. The number of nitrogens with zero attached hydrogens (tertiary/aromatic N) is 2. The van der Waals surface area contributed by atoms with E-state index < -0.39 is 4.92 Å². The number of nitrogen functional groups attached to an aromatic ring is 1. The van der Waals surface area contributed by atoms with Gasteiger partial charge in [0.05, 0.1) is 4.92 Å². The summed E-state index contributed by atoms with van der Waals surface area (Å²) in [6.45, 7) is 4.91. The molecule has 0 heterocycles. The van der Waals surface area contributed by atoms with Gasteiger partial charge in [0.2, 0.25) is 0 Å². The molecule has 1 aromatic rings. The first-order chi connectivity index (χ1) is 9.04. The monoisotopic (exact) mass is 266 g/mol. The normalized spacial score (nSPS) is 11.1. The molecular weight excluding hydrogens is 244 g/mol. The number of hydrazine groups is 1. The molecule has 0 bridgehead atoms. The standard InChI is InChI=1S/C13H22N4O2/c1-4-11(5-2)16(3)9-10-7-6-8-12(17(18)19)13(10)15-14/h6-8,11,15H,4-5,9,14H2,1-3H3. The maximum absolute atomic E-state index is 11.0. The highest BCUT2D eigenvalue weighted by atomic mass is 16.6. The van der Waals surface area contributed by atoms with E-state index in [0.29, 0.717) is 18.3 Å². The summed E-state index contributed by atoms with van der Waals surface area (Å²) >= 11 is 0. The molecule has 0 aliphatic carbocycles. The third kappa shape index (κ3) is 3.65. The van der Waals surface area contributed by atoms with Crippen molar-refractivity contribution >= 4 is 11.4 Å². The van der Waals surface area contributed by atoms with Gasteiger partial charge in [-0.15, -0.1) is 0 Å². The van der Waals surface area contributed by atoms with Gasteiger partial charge in [-0.3, -0.25) is 20.9 Å². The van der Waals surface area contributed by atoms with E-state index in [-0.39, 0.29) is 5.69 Å². The summed E-state index contributed by atoms with van der Waals surface area (Å²) < 4.78 is 0. The van der Waals surface area contributed by atoms with Gasteiger partial charge in [0.25, 0.3) is 5.69 Å². The zero-order valence-corrected chi connectivity index (χ0v) is 11.7. The lowest BCUT2D eigenvalue weighted by Gasteiger charge is -2.26. The van der Waals surface area contributed by atoms with Crippen molar-refractivity contribution in [2.75, 3.05) is 12.5 Å².